The lowest BCUT2D eigenvalue weighted by Crippen LogP contribution is -2.26. The lowest BCUT2D eigenvalue weighted by atomic mass is 9.88. The van der Waals surface area contributed by atoms with E-state index in [0.717, 1.165) is 12.0 Å². The van der Waals surface area contributed by atoms with Gasteiger partial charge in [0.2, 0.25) is 0 Å². The van der Waals surface area contributed by atoms with Crippen LogP contribution in [0.4, 0.5) is 4.39 Å². The molecule has 1 nitrogen and oxygen atoms in total. The Kier molecular flexibility index (Phi) is 2.43. The van der Waals surface area contributed by atoms with Crippen LogP contribution >= 0.6 is 15.9 Å². The van der Waals surface area contributed by atoms with Crippen LogP contribution in [0, 0.1) is 11.2 Å². The van der Waals surface area contributed by atoms with Crippen LogP contribution in [0.5, 0.6) is 0 Å². The van der Waals surface area contributed by atoms with Crippen molar-refractivity contribution >= 4 is 15.9 Å². The smallest absolute Gasteiger partial charge is 0.137 e. The maximum Gasteiger partial charge on any atom is 0.137 e. The molecule has 0 heterocycles. The van der Waals surface area contributed by atoms with E-state index in [1.165, 1.54) is 6.07 Å². The van der Waals surface area contributed by atoms with E-state index in [1.54, 1.807) is 6.07 Å². The zero-order valence-corrected chi connectivity index (χ0v) is 10.6. The van der Waals surface area contributed by atoms with Crippen molar-refractivity contribution < 1.29 is 4.39 Å². The summed E-state index contributed by atoms with van der Waals surface area (Å²) < 4.78 is 14.0. The Labute approximate surface area is 98.0 Å². The highest BCUT2D eigenvalue weighted by Crippen LogP contribution is 2.64. The third kappa shape index (κ3) is 1.44. The molecule has 0 radical (unpaired) electrons. The zero-order valence-electron chi connectivity index (χ0n) is 8.98. The Morgan fingerprint density at radius 3 is 2.53 bits per heavy atom. The molecule has 2 N–H and O–H groups in total. The predicted molar refractivity (Wildman–Crippen MR) is 63.2 cm³/mol. The molecule has 1 aliphatic rings. The molecule has 1 atom stereocenters. The molecule has 0 saturated heterocycles. The molecule has 2 rings (SSSR count). The van der Waals surface area contributed by atoms with Gasteiger partial charge in [-0.25, -0.2) is 4.39 Å². The second kappa shape index (κ2) is 3.29. The Balaban J connectivity index is 2.51. The average Bonchev–Trinajstić information content (AvgIpc) is 2.74. The van der Waals surface area contributed by atoms with Gasteiger partial charge in [-0.3, -0.25) is 0 Å². The standard InChI is InChI=1S/C12H15BrFN/c1-11(2)6-12(11,7-15)8-4-3-5-9(14)10(8)13/h3-5H,6-7,15H2,1-2H3. The molecule has 0 aromatic heterocycles. The minimum atomic E-state index is -0.206. The molecule has 0 bridgehead atoms. The minimum absolute atomic E-state index is 0.0477. The van der Waals surface area contributed by atoms with E-state index in [2.05, 4.69) is 29.8 Å². The highest BCUT2D eigenvalue weighted by atomic mass is 79.9. The second-order valence-corrected chi connectivity index (χ2v) is 5.74. The maximum atomic E-state index is 13.4. The predicted octanol–water partition coefficient (Wildman–Crippen LogP) is 3.21. The molecule has 1 fully saturated rings. The van der Waals surface area contributed by atoms with E-state index >= 15 is 0 Å². The van der Waals surface area contributed by atoms with Crippen molar-refractivity contribution in [1.82, 2.24) is 0 Å². The number of hydrogen-bond donors (Lipinski definition) is 1. The molecule has 0 amide bonds. The van der Waals surface area contributed by atoms with Gasteiger partial charge < -0.3 is 5.73 Å². The van der Waals surface area contributed by atoms with Crippen molar-refractivity contribution in [2.75, 3.05) is 6.54 Å². The summed E-state index contributed by atoms with van der Waals surface area (Å²) in [5, 5.41) is 0. The Morgan fingerprint density at radius 2 is 2.07 bits per heavy atom. The first kappa shape index (κ1) is 11.1. The van der Waals surface area contributed by atoms with Gasteiger partial charge in [0.15, 0.2) is 0 Å². The van der Waals surface area contributed by atoms with Gasteiger partial charge in [-0.05, 0) is 39.4 Å². The molecule has 1 unspecified atom stereocenters. The first-order chi connectivity index (χ1) is 6.94. The van der Waals surface area contributed by atoms with E-state index in [1.807, 2.05) is 6.07 Å². The number of halogens is 2. The van der Waals surface area contributed by atoms with Crippen LogP contribution in [0.25, 0.3) is 0 Å². The van der Waals surface area contributed by atoms with Crippen LogP contribution < -0.4 is 5.73 Å². The molecule has 3 heteroatoms. The van der Waals surface area contributed by atoms with Gasteiger partial charge in [0.25, 0.3) is 0 Å². The molecular formula is C12H15BrFN. The fourth-order valence-electron chi connectivity index (χ4n) is 2.50. The van der Waals surface area contributed by atoms with E-state index < -0.39 is 0 Å². The SMILES string of the molecule is CC1(C)CC1(CN)c1cccc(F)c1Br. The summed E-state index contributed by atoms with van der Waals surface area (Å²) in [4.78, 5) is 0. The van der Waals surface area contributed by atoms with E-state index in [0.29, 0.717) is 11.0 Å². The number of benzene rings is 1. The van der Waals surface area contributed by atoms with Crippen LogP contribution in [0.1, 0.15) is 25.8 Å². The van der Waals surface area contributed by atoms with Crippen LogP contribution in [0.15, 0.2) is 22.7 Å². The van der Waals surface area contributed by atoms with Crippen LogP contribution in [-0.4, -0.2) is 6.54 Å². The highest BCUT2D eigenvalue weighted by Gasteiger charge is 2.61. The summed E-state index contributed by atoms with van der Waals surface area (Å²) in [6.45, 7) is 4.93. The molecular weight excluding hydrogens is 257 g/mol. The molecule has 1 aromatic rings. The van der Waals surface area contributed by atoms with Crippen molar-refractivity contribution in [1.29, 1.82) is 0 Å². The van der Waals surface area contributed by atoms with Crippen LogP contribution in [-0.2, 0) is 5.41 Å². The molecule has 0 spiro atoms. The van der Waals surface area contributed by atoms with Gasteiger partial charge >= 0.3 is 0 Å². The molecule has 1 saturated carbocycles. The van der Waals surface area contributed by atoms with Gasteiger partial charge in [-0.1, -0.05) is 26.0 Å². The number of hydrogen-bond acceptors (Lipinski definition) is 1. The van der Waals surface area contributed by atoms with Gasteiger partial charge in [0.05, 0.1) is 4.47 Å². The Hall–Kier alpha value is -0.410. The first-order valence-electron chi connectivity index (χ1n) is 5.09. The third-order valence-electron chi connectivity index (χ3n) is 3.73. The van der Waals surface area contributed by atoms with Crippen molar-refractivity contribution in [3.05, 3.63) is 34.1 Å². The quantitative estimate of drug-likeness (QED) is 0.879. The third-order valence-corrected chi connectivity index (χ3v) is 4.54. The molecule has 15 heavy (non-hydrogen) atoms. The van der Waals surface area contributed by atoms with Gasteiger partial charge in [-0.2, -0.15) is 0 Å². The second-order valence-electron chi connectivity index (χ2n) is 4.95. The van der Waals surface area contributed by atoms with Crippen molar-refractivity contribution in [2.24, 2.45) is 11.1 Å². The summed E-state index contributed by atoms with van der Waals surface area (Å²) >= 11 is 3.32. The number of rotatable bonds is 2. The van der Waals surface area contributed by atoms with E-state index in [9.17, 15) is 4.39 Å². The van der Waals surface area contributed by atoms with Crippen molar-refractivity contribution in [2.45, 2.75) is 25.7 Å². The fraction of sp³-hybridized carbons (Fsp3) is 0.500. The van der Waals surface area contributed by atoms with Gasteiger partial charge in [0, 0.05) is 12.0 Å². The van der Waals surface area contributed by atoms with E-state index in [4.69, 9.17) is 5.73 Å². The lowest BCUT2D eigenvalue weighted by Gasteiger charge is -2.20. The van der Waals surface area contributed by atoms with Crippen LogP contribution in [0.2, 0.25) is 0 Å². The van der Waals surface area contributed by atoms with Crippen LogP contribution in [0.3, 0.4) is 0 Å². The average molecular weight is 272 g/mol. The van der Waals surface area contributed by atoms with Crippen molar-refractivity contribution in [3.63, 3.8) is 0 Å². The van der Waals surface area contributed by atoms with E-state index in [-0.39, 0.29) is 16.6 Å². The molecule has 1 aromatic carbocycles. The zero-order chi connectivity index (χ0) is 11.3. The first-order valence-corrected chi connectivity index (χ1v) is 5.88. The highest BCUT2D eigenvalue weighted by molar-refractivity contribution is 9.10. The topological polar surface area (TPSA) is 26.0 Å². The summed E-state index contributed by atoms with van der Waals surface area (Å²) in [6, 6.07) is 5.18. The van der Waals surface area contributed by atoms with Gasteiger partial charge in [0.1, 0.15) is 5.82 Å². The summed E-state index contributed by atoms with van der Waals surface area (Å²) in [6.07, 6.45) is 1.03. The lowest BCUT2D eigenvalue weighted by molar-refractivity contribution is 0.497. The summed E-state index contributed by atoms with van der Waals surface area (Å²) in [7, 11) is 0. The largest absolute Gasteiger partial charge is 0.330 e. The normalized spacial score (nSPS) is 27.8. The monoisotopic (exact) mass is 271 g/mol. The fourth-order valence-corrected chi connectivity index (χ4v) is 3.15. The summed E-state index contributed by atoms with van der Waals surface area (Å²) in [5.74, 6) is -0.206. The van der Waals surface area contributed by atoms with Gasteiger partial charge in [-0.15, -0.1) is 0 Å². The molecule has 0 aliphatic heterocycles. The van der Waals surface area contributed by atoms with Crippen molar-refractivity contribution in [3.8, 4) is 0 Å². The minimum Gasteiger partial charge on any atom is -0.330 e. The molecule has 1 aliphatic carbocycles. The molecule has 82 valence electrons. The maximum absolute atomic E-state index is 13.4. The summed E-state index contributed by atoms with van der Waals surface area (Å²) in [5.41, 5.74) is 6.99. The Morgan fingerprint density at radius 1 is 1.47 bits per heavy atom. The number of nitrogens with two attached hydrogens (primary N) is 1. The Bertz CT molecular complexity index is 403.